The van der Waals surface area contributed by atoms with E-state index < -0.39 is 16.1 Å². The zero-order chi connectivity index (χ0) is 13.6. The number of carbonyl (C=O) groups is 1. The SMILES string of the molecule is CNS(=O)(=O)c1ccc(CNCCOC(N)=O)o1. The Morgan fingerprint density at radius 3 is 2.83 bits per heavy atom. The van der Waals surface area contributed by atoms with Gasteiger partial charge in [0, 0.05) is 6.54 Å². The van der Waals surface area contributed by atoms with E-state index in [2.05, 4.69) is 14.8 Å². The maximum Gasteiger partial charge on any atom is 0.404 e. The van der Waals surface area contributed by atoms with Crippen LogP contribution in [0.2, 0.25) is 0 Å². The molecule has 8 nitrogen and oxygen atoms in total. The summed E-state index contributed by atoms with van der Waals surface area (Å²) in [6.07, 6.45) is -0.836. The fraction of sp³-hybridized carbons (Fsp3) is 0.444. The molecule has 0 radical (unpaired) electrons. The van der Waals surface area contributed by atoms with Gasteiger partial charge in [-0.05, 0) is 19.2 Å². The van der Waals surface area contributed by atoms with Crippen molar-refractivity contribution in [3.8, 4) is 0 Å². The van der Waals surface area contributed by atoms with Crippen molar-refractivity contribution in [2.75, 3.05) is 20.2 Å². The van der Waals surface area contributed by atoms with Crippen molar-refractivity contribution in [1.82, 2.24) is 10.0 Å². The summed E-state index contributed by atoms with van der Waals surface area (Å²) in [6.45, 7) is 0.844. The summed E-state index contributed by atoms with van der Waals surface area (Å²) in [5.41, 5.74) is 4.77. The predicted molar refractivity (Wildman–Crippen MR) is 62.2 cm³/mol. The first-order valence-corrected chi connectivity index (χ1v) is 6.59. The molecule has 0 saturated heterocycles. The number of furan rings is 1. The number of carbonyl (C=O) groups excluding carboxylic acids is 1. The third kappa shape index (κ3) is 4.35. The Morgan fingerprint density at radius 1 is 1.50 bits per heavy atom. The second-order valence-corrected chi connectivity index (χ2v) is 5.09. The van der Waals surface area contributed by atoms with E-state index in [4.69, 9.17) is 10.2 Å². The molecule has 1 rings (SSSR count). The smallest absolute Gasteiger partial charge is 0.404 e. The number of sulfonamides is 1. The lowest BCUT2D eigenvalue weighted by atomic mass is 10.4. The van der Waals surface area contributed by atoms with Gasteiger partial charge in [0.2, 0.25) is 5.09 Å². The molecular weight excluding hydrogens is 262 g/mol. The van der Waals surface area contributed by atoms with Crippen LogP contribution in [-0.2, 0) is 21.3 Å². The first-order valence-electron chi connectivity index (χ1n) is 5.11. The number of primary amides is 1. The number of ether oxygens (including phenoxy) is 1. The van der Waals surface area contributed by atoms with E-state index in [1.165, 1.54) is 13.1 Å². The van der Waals surface area contributed by atoms with E-state index in [1.807, 2.05) is 0 Å². The molecule has 0 aliphatic carbocycles. The minimum Gasteiger partial charge on any atom is -0.448 e. The lowest BCUT2D eigenvalue weighted by Crippen LogP contribution is -2.23. The molecule has 0 spiro atoms. The second kappa shape index (κ2) is 6.38. The van der Waals surface area contributed by atoms with E-state index in [0.717, 1.165) is 0 Å². The van der Waals surface area contributed by atoms with Crippen LogP contribution in [0, 0.1) is 0 Å². The fourth-order valence-electron chi connectivity index (χ4n) is 1.13. The highest BCUT2D eigenvalue weighted by molar-refractivity contribution is 7.89. The van der Waals surface area contributed by atoms with Crippen molar-refractivity contribution in [1.29, 1.82) is 0 Å². The third-order valence-electron chi connectivity index (χ3n) is 1.99. The quantitative estimate of drug-likeness (QED) is 0.570. The topological polar surface area (TPSA) is 124 Å². The molecule has 102 valence electrons. The minimum atomic E-state index is -3.55. The summed E-state index contributed by atoms with van der Waals surface area (Å²) in [5, 5.41) is 2.75. The number of nitrogens with one attached hydrogen (secondary N) is 2. The van der Waals surface area contributed by atoms with Gasteiger partial charge in [-0.1, -0.05) is 0 Å². The summed E-state index contributed by atoms with van der Waals surface area (Å²) in [4.78, 5) is 10.3. The standard InChI is InChI=1S/C9H15N3O5S/c1-11-18(14,15)8-3-2-7(17-8)6-12-4-5-16-9(10)13/h2-3,11-12H,4-6H2,1H3,(H2,10,13). The Labute approximate surface area is 105 Å². The molecule has 0 saturated carbocycles. The first kappa shape index (κ1) is 14.5. The molecule has 0 aliphatic rings. The average molecular weight is 277 g/mol. The molecule has 0 unspecified atom stereocenters. The van der Waals surface area contributed by atoms with Crippen molar-refractivity contribution < 1.29 is 22.4 Å². The van der Waals surface area contributed by atoms with Gasteiger partial charge in [0.25, 0.3) is 10.0 Å². The van der Waals surface area contributed by atoms with Crippen LogP contribution >= 0.6 is 0 Å². The van der Waals surface area contributed by atoms with Gasteiger partial charge in [0.1, 0.15) is 12.4 Å². The van der Waals surface area contributed by atoms with Crippen LogP contribution in [0.15, 0.2) is 21.6 Å². The monoisotopic (exact) mass is 277 g/mol. The molecule has 0 fully saturated rings. The van der Waals surface area contributed by atoms with Gasteiger partial charge in [-0.25, -0.2) is 17.9 Å². The van der Waals surface area contributed by atoms with Crippen LogP contribution in [-0.4, -0.2) is 34.7 Å². The second-order valence-electron chi connectivity index (χ2n) is 3.27. The maximum atomic E-state index is 11.4. The van der Waals surface area contributed by atoms with E-state index in [1.54, 1.807) is 6.07 Å². The third-order valence-corrected chi connectivity index (χ3v) is 3.28. The van der Waals surface area contributed by atoms with Gasteiger partial charge >= 0.3 is 6.09 Å². The zero-order valence-electron chi connectivity index (χ0n) is 9.80. The summed E-state index contributed by atoms with van der Waals surface area (Å²) < 4.78 is 34.5. The van der Waals surface area contributed by atoms with Gasteiger partial charge in [-0.3, -0.25) is 0 Å². The highest BCUT2D eigenvalue weighted by atomic mass is 32.2. The molecule has 1 amide bonds. The minimum absolute atomic E-state index is 0.137. The van der Waals surface area contributed by atoms with Crippen LogP contribution in [0.1, 0.15) is 5.76 Å². The molecule has 4 N–H and O–H groups in total. The number of hydrogen-bond donors (Lipinski definition) is 3. The number of amides is 1. The van der Waals surface area contributed by atoms with Gasteiger partial charge in [-0.2, -0.15) is 0 Å². The lowest BCUT2D eigenvalue weighted by Gasteiger charge is -2.02. The zero-order valence-corrected chi connectivity index (χ0v) is 10.6. The van der Waals surface area contributed by atoms with Gasteiger partial charge < -0.3 is 20.2 Å². The molecule has 18 heavy (non-hydrogen) atoms. The summed E-state index contributed by atoms with van der Waals surface area (Å²) >= 11 is 0. The molecular formula is C9H15N3O5S. The van der Waals surface area contributed by atoms with Crippen LogP contribution in [0.25, 0.3) is 0 Å². The van der Waals surface area contributed by atoms with Crippen molar-refractivity contribution in [2.24, 2.45) is 5.73 Å². The molecule has 1 heterocycles. The van der Waals surface area contributed by atoms with Crippen molar-refractivity contribution >= 4 is 16.1 Å². The molecule has 0 bridgehead atoms. The van der Waals surface area contributed by atoms with E-state index in [-0.39, 0.29) is 11.7 Å². The average Bonchev–Trinajstić information content (AvgIpc) is 2.77. The molecule has 0 aliphatic heterocycles. The number of nitrogens with two attached hydrogens (primary N) is 1. The molecule has 1 aromatic rings. The van der Waals surface area contributed by atoms with Crippen LogP contribution in [0.5, 0.6) is 0 Å². The Balaban J connectivity index is 2.39. The highest BCUT2D eigenvalue weighted by Crippen LogP contribution is 2.12. The van der Waals surface area contributed by atoms with Gasteiger partial charge in [-0.15, -0.1) is 0 Å². The Bertz CT molecular complexity index is 496. The Kier molecular flexibility index (Phi) is 5.13. The lowest BCUT2D eigenvalue weighted by molar-refractivity contribution is 0.157. The van der Waals surface area contributed by atoms with Crippen molar-refractivity contribution in [3.63, 3.8) is 0 Å². The van der Waals surface area contributed by atoms with E-state index in [9.17, 15) is 13.2 Å². The Hall–Kier alpha value is -1.58. The van der Waals surface area contributed by atoms with Crippen LogP contribution < -0.4 is 15.8 Å². The van der Waals surface area contributed by atoms with Gasteiger partial charge in [0.15, 0.2) is 0 Å². The van der Waals surface area contributed by atoms with Crippen LogP contribution in [0.3, 0.4) is 0 Å². The first-order chi connectivity index (χ1) is 8.45. The Morgan fingerprint density at radius 2 is 2.22 bits per heavy atom. The number of hydrogen-bond acceptors (Lipinski definition) is 6. The van der Waals surface area contributed by atoms with Crippen molar-refractivity contribution in [3.05, 3.63) is 17.9 Å². The fourth-order valence-corrected chi connectivity index (χ4v) is 1.80. The largest absolute Gasteiger partial charge is 0.448 e. The maximum absolute atomic E-state index is 11.4. The van der Waals surface area contributed by atoms with E-state index >= 15 is 0 Å². The summed E-state index contributed by atoms with van der Waals surface area (Å²) in [7, 11) is -2.25. The number of rotatable bonds is 7. The van der Waals surface area contributed by atoms with Gasteiger partial charge in [0.05, 0.1) is 6.54 Å². The molecule has 9 heteroatoms. The molecule has 0 atom stereocenters. The van der Waals surface area contributed by atoms with Crippen LogP contribution in [0.4, 0.5) is 4.79 Å². The summed E-state index contributed by atoms with van der Waals surface area (Å²) in [6, 6.07) is 2.91. The normalized spacial score (nSPS) is 11.4. The molecule has 0 aromatic carbocycles. The predicted octanol–water partition coefficient (Wildman–Crippen LogP) is -0.627. The van der Waals surface area contributed by atoms with E-state index in [0.29, 0.717) is 18.8 Å². The summed E-state index contributed by atoms with van der Waals surface area (Å²) in [5.74, 6) is 0.461. The highest BCUT2D eigenvalue weighted by Gasteiger charge is 2.15. The molecule has 1 aromatic heterocycles. The van der Waals surface area contributed by atoms with Crippen molar-refractivity contribution in [2.45, 2.75) is 11.6 Å².